The van der Waals surface area contributed by atoms with E-state index in [0.717, 1.165) is 51.4 Å². The maximum absolute atomic E-state index is 12.5. The van der Waals surface area contributed by atoms with Gasteiger partial charge < -0.3 is 24.6 Å². The summed E-state index contributed by atoms with van der Waals surface area (Å²) in [6.45, 7) is 3.19. The summed E-state index contributed by atoms with van der Waals surface area (Å²) < 4.78 is 33.0. The zero-order chi connectivity index (χ0) is 36.1. The third-order valence-corrected chi connectivity index (χ3v) is 8.11. The lowest BCUT2D eigenvalue weighted by Gasteiger charge is -2.20. The van der Waals surface area contributed by atoms with E-state index >= 15 is 0 Å². The molecule has 0 spiro atoms. The highest BCUT2D eigenvalue weighted by Gasteiger charge is 2.26. The van der Waals surface area contributed by atoms with Crippen LogP contribution in [-0.4, -0.2) is 66.3 Å². The molecule has 0 bridgehead atoms. The first-order valence-corrected chi connectivity index (χ1v) is 19.9. The van der Waals surface area contributed by atoms with Crippen molar-refractivity contribution in [2.24, 2.45) is 0 Å². The predicted molar refractivity (Wildman–Crippen MR) is 200 cm³/mol. The maximum Gasteiger partial charge on any atom is 0.472 e. The van der Waals surface area contributed by atoms with E-state index in [2.05, 4.69) is 68.5 Å². The van der Waals surface area contributed by atoms with Gasteiger partial charge in [-0.25, -0.2) is 4.57 Å². The van der Waals surface area contributed by atoms with Gasteiger partial charge in [0.25, 0.3) is 0 Å². The first kappa shape index (κ1) is 46.9. The zero-order valence-electron chi connectivity index (χ0n) is 30.4. The molecule has 0 aliphatic carbocycles. The molecule has 3 N–H and O–H groups in total. The molecule has 9 nitrogen and oxygen atoms in total. The van der Waals surface area contributed by atoms with E-state index in [4.69, 9.17) is 23.6 Å². The molecule has 49 heavy (non-hydrogen) atoms. The lowest BCUT2D eigenvalue weighted by atomic mass is 10.1. The number of carbonyl (C=O) groups is 1. The summed E-state index contributed by atoms with van der Waals surface area (Å²) in [5.41, 5.74) is 0. The van der Waals surface area contributed by atoms with Crippen LogP contribution in [0.1, 0.15) is 123 Å². The number of hydrogen-bond acceptors (Lipinski definition) is 8. The van der Waals surface area contributed by atoms with Crippen LogP contribution in [0.3, 0.4) is 0 Å². The quantitative estimate of drug-likeness (QED) is 0.0259. The highest BCUT2D eigenvalue weighted by atomic mass is 31.2. The minimum Gasteiger partial charge on any atom is -0.457 e. The summed E-state index contributed by atoms with van der Waals surface area (Å²) in [7, 11) is -4.54. The van der Waals surface area contributed by atoms with Gasteiger partial charge in [0.05, 0.1) is 32.8 Å². The second kappa shape index (κ2) is 35.7. The first-order valence-electron chi connectivity index (χ1n) is 18.4. The van der Waals surface area contributed by atoms with E-state index in [0.29, 0.717) is 13.0 Å². The Bertz CT molecular complexity index is 987. The number of ether oxygens (including phenoxy) is 2. The van der Waals surface area contributed by atoms with E-state index in [1.165, 1.54) is 44.9 Å². The molecule has 0 radical (unpaired) electrons. The van der Waals surface area contributed by atoms with Gasteiger partial charge in [-0.2, -0.15) is 0 Å². The number of aliphatic hydroxyl groups excluding tert-OH is 2. The number of esters is 1. The second-order valence-electron chi connectivity index (χ2n) is 11.9. The Labute approximate surface area is 297 Å². The number of rotatable bonds is 34. The Morgan fingerprint density at radius 1 is 0.653 bits per heavy atom. The smallest absolute Gasteiger partial charge is 0.457 e. The van der Waals surface area contributed by atoms with E-state index in [9.17, 15) is 19.4 Å². The molecule has 0 rings (SSSR count). The van der Waals surface area contributed by atoms with Crippen molar-refractivity contribution in [3.63, 3.8) is 0 Å². The summed E-state index contributed by atoms with van der Waals surface area (Å²) in [4.78, 5) is 22.4. The monoisotopic (exact) mass is 710 g/mol. The third-order valence-electron chi connectivity index (χ3n) is 7.16. The Morgan fingerprint density at radius 2 is 1.16 bits per heavy atom. The Hall–Kier alpha value is -2.10. The average molecular weight is 711 g/mol. The fourth-order valence-corrected chi connectivity index (χ4v) is 5.15. The van der Waals surface area contributed by atoms with Crippen LogP contribution < -0.4 is 0 Å². The topological polar surface area (TPSA) is 132 Å². The Balaban J connectivity index is 4.44. The Morgan fingerprint density at radius 3 is 1.73 bits per heavy atom. The van der Waals surface area contributed by atoms with Gasteiger partial charge in [0, 0.05) is 6.61 Å². The molecule has 0 aliphatic rings. The molecule has 0 aromatic rings. The summed E-state index contributed by atoms with van der Waals surface area (Å²) in [5, 5.41) is 18.3. The predicted octanol–water partition coefficient (Wildman–Crippen LogP) is 9.41. The molecule has 0 fully saturated rings. The van der Waals surface area contributed by atoms with Crippen LogP contribution in [0, 0.1) is 0 Å². The minimum atomic E-state index is -4.54. The van der Waals surface area contributed by atoms with Gasteiger partial charge in [0.2, 0.25) is 0 Å². The number of phosphoric ester groups is 1. The van der Waals surface area contributed by atoms with Gasteiger partial charge in [-0.05, 0) is 64.2 Å². The van der Waals surface area contributed by atoms with Gasteiger partial charge in [-0.1, -0.05) is 125 Å². The number of allylic oxidation sites excluding steroid dienone is 11. The normalized spacial score (nSPS) is 15.1. The van der Waals surface area contributed by atoms with Crippen LogP contribution in [0.4, 0.5) is 0 Å². The molecule has 0 heterocycles. The first-order chi connectivity index (χ1) is 23.8. The molecule has 282 valence electrons. The van der Waals surface area contributed by atoms with Crippen LogP contribution >= 0.6 is 7.82 Å². The van der Waals surface area contributed by atoms with Gasteiger partial charge in [-0.15, -0.1) is 0 Å². The van der Waals surface area contributed by atoms with E-state index in [1.807, 2.05) is 12.2 Å². The molecule has 3 atom stereocenters. The molecule has 0 saturated carbocycles. The van der Waals surface area contributed by atoms with Crippen molar-refractivity contribution >= 4 is 13.8 Å². The number of hydrogen-bond donors (Lipinski definition) is 3. The van der Waals surface area contributed by atoms with Gasteiger partial charge in [0.15, 0.2) is 0 Å². The van der Waals surface area contributed by atoms with E-state index in [1.54, 1.807) is 6.08 Å². The molecule has 3 unspecified atom stereocenters. The van der Waals surface area contributed by atoms with Crippen molar-refractivity contribution in [3.8, 4) is 0 Å². The highest BCUT2D eigenvalue weighted by Crippen LogP contribution is 2.43. The van der Waals surface area contributed by atoms with E-state index < -0.39 is 45.8 Å². The van der Waals surface area contributed by atoms with Crippen molar-refractivity contribution in [1.29, 1.82) is 0 Å². The standard InChI is InChI=1S/C39H67O9P/c1-3-5-7-9-11-13-15-17-18-19-21-23-25-27-29-31-39(42)48-38(36-47-49(43,44)46-34-37(41)33-40)35-45-32-30-28-26-24-22-20-16-14-12-10-8-6-4-2/h5,7,11-14,17-18,21,23,27,29,37-38,40-41H,3-4,6,8-10,15-16,19-20,22,24-26,28,30-36H2,1-2H3,(H,43,44)/b7-5-,13-11-,14-12-,18-17-,23-21-,29-27-. The minimum absolute atomic E-state index is 0.00125. The third kappa shape index (κ3) is 35.5. The van der Waals surface area contributed by atoms with Crippen molar-refractivity contribution < 1.29 is 43.0 Å². The summed E-state index contributed by atoms with van der Waals surface area (Å²) in [6, 6.07) is 0. The second-order valence-corrected chi connectivity index (χ2v) is 13.3. The van der Waals surface area contributed by atoms with Crippen molar-refractivity contribution in [2.75, 3.05) is 33.0 Å². The van der Waals surface area contributed by atoms with Gasteiger partial charge in [0.1, 0.15) is 12.2 Å². The molecule has 0 aliphatic heterocycles. The van der Waals surface area contributed by atoms with Crippen LogP contribution in [0.15, 0.2) is 72.9 Å². The SMILES string of the molecule is CC/C=C\C/C=C\C/C=C\C/C=C\C/C=C\CC(=O)OC(COCCCCCCCC/C=C\CCCCC)COP(=O)(O)OCC(O)CO. The molecular formula is C39H67O9P. The zero-order valence-corrected chi connectivity index (χ0v) is 31.3. The average Bonchev–Trinajstić information content (AvgIpc) is 3.09. The summed E-state index contributed by atoms with van der Waals surface area (Å²) >= 11 is 0. The van der Waals surface area contributed by atoms with Crippen LogP contribution in [-0.2, 0) is 27.9 Å². The molecular weight excluding hydrogens is 643 g/mol. The van der Waals surface area contributed by atoms with E-state index in [-0.39, 0.29) is 13.0 Å². The summed E-state index contributed by atoms with van der Waals surface area (Å²) in [6.07, 6.45) is 40.3. The number of phosphoric acid groups is 1. The molecule has 0 aromatic carbocycles. The largest absolute Gasteiger partial charge is 0.472 e. The van der Waals surface area contributed by atoms with Crippen molar-refractivity contribution in [3.05, 3.63) is 72.9 Å². The highest BCUT2D eigenvalue weighted by molar-refractivity contribution is 7.47. The fraction of sp³-hybridized carbons (Fsp3) is 0.667. The summed E-state index contributed by atoms with van der Waals surface area (Å²) in [5.74, 6) is -0.515. The van der Waals surface area contributed by atoms with Crippen LogP contribution in [0.2, 0.25) is 0 Å². The van der Waals surface area contributed by atoms with Gasteiger partial charge >= 0.3 is 13.8 Å². The van der Waals surface area contributed by atoms with Gasteiger partial charge in [-0.3, -0.25) is 13.8 Å². The maximum atomic E-state index is 12.5. The molecule has 10 heteroatoms. The molecule has 0 amide bonds. The molecule has 0 aromatic heterocycles. The van der Waals surface area contributed by atoms with Crippen molar-refractivity contribution in [1.82, 2.24) is 0 Å². The van der Waals surface area contributed by atoms with Crippen LogP contribution in [0.5, 0.6) is 0 Å². The van der Waals surface area contributed by atoms with Crippen LogP contribution in [0.25, 0.3) is 0 Å². The number of unbranched alkanes of at least 4 members (excludes halogenated alkanes) is 9. The fourth-order valence-electron chi connectivity index (χ4n) is 4.36. The number of carbonyl (C=O) groups excluding carboxylic acids is 1. The molecule has 0 saturated heterocycles. The number of aliphatic hydroxyl groups is 2. The lowest BCUT2D eigenvalue weighted by Crippen LogP contribution is -2.28. The lowest BCUT2D eigenvalue weighted by molar-refractivity contribution is -0.153. The van der Waals surface area contributed by atoms with Crippen molar-refractivity contribution in [2.45, 2.75) is 135 Å². The Kier molecular flexibility index (Phi) is 34.2.